The minimum Gasteiger partial charge on any atom is -0.316 e. The van der Waals surface area contributed by atoms with Crippen LogP contribution in [-0.2, 0) is 0 Å². The summed E-state index contributed by atoms with van der Waals surface area (Å²) in [6.45, 7) is 2.35. The summed E-state index contributed by atoms with van der Waals surface area (Å²) in [5.41, 5.74) is 1.49. The van der Waals surface area contributed by atoms with E-state index in [1.165, 1.54) is 24.9 Å². The Morgan fingerprint density at radius 3 is 2.67 bits per heavy atom. The van der Waals surface area contributed by atoms with Crippen molar-refractivity contribution in [1.29, 1.82) is 0 Å². The molecule has 1 atom stereocenters. The van der Waals surface area contributed by atoms with Crippen LogP contribution in [0.4, 0.5) is 0 Å². The third-order valence-corrected chi connectivity index (χ3v) is 2.57. The second-order valence-electron chi connectivity index (χ2n) is 3.45. The van der Waals surface area contributed by atoms with Crippen molar-refractivity contribution in [2.24, 2.45) is 0 Å². The molecule has 0 amide bonds. The molecule has 1 aliphatic rings. The molecule has 1 aromatic carbocycles. The molecule has 1 saturated heterocycles. The van der Waals surface area contributed by atoms with Crippen LogP contribution in [0.1, 0.15) is 24.3 Å². The van der Waals surface area contributed by atoms with Gasteiger partial charge in [-0.25, -0.2) is 0 Å². The number of hydrogen-bond donors (Lipinski definition) is 1. The zero-order chi connectivity index (χ0) is 8.23. The lowest BCUT2D eigenvalue weighted by Gasteiger charge is -2.22. The first-order valence-electron chi connectivity index (χ1n) is 4.72. The predicted molar refractivity (Wildman–Crippen MR) is 51.3 cm³/mol. The second-order valence-corrected chi connectivity index (χ2v) is 3.45. The van der Waals surface area contributed by atoms with Crippen LogP contribution in [0.25, 0.3) is 0 Å². The van der Waals surface area contributed by atoms with Crippen molar-refractivity contribution in [3.8, 4) is 0 Å². The molecule has 1 aliphatic heterocycles. The summed E-state index contributed by atoms with van der Waals surface area (Å²) in [6.07, 6.45) is 2.66. The van der Waals surface area contributed by atoms with Gasteiger partial charge in [-0.15, -0.1) is 0 Å². The molecular weight excluding hydrogens is 146 g/mol. The molecule has 0 unspecified atom stereocenters. The molecule has 1 heteroatoms. The second kappa shape index (κ2) is 3.72. The molecule has 1 heterocycles. The zero-order valence-electron chi connectivity index (χ0n) is 7.29. The highest BCUT2D eigenvalue weighted by molar-refractivity contribution is 5.20. The Balaban J connectivity index is 2.08. The molecule has 2 rings (SSSR count). The molecule has 12 heavy (non-hydrogen) atoms. The monoisotopic (exact) mass is 161 g/mol. The maximum atomic E-state index is 3.43. The topological polar surface area (TPSA) is 12.0 Å². The van der Waals surface area contributed by atoms with E-state index in [9.17, 15) is 0 Å². The summed E-state index contributed by atoms with van der Waals surface area (Å²) >= 11 is 0. The van der Waals surface area contributed by atoms with Crippen LogP contribution >= 0.6 is 0 Å². The van der Waals surface area contributed by atoms with Gasteiger partial charge >= 0.3 is 0 Å². The highest BCUT2D eigenvalue weighted by Crippen LogP contribution is 2.22. The Labute approximate surface area is 73.8 Å². The molecule has 1 N–H and O–H groups in total. The van der Waals surface area contributed by atoms with Gasteiger partial charge < -0.3 is 5.32 Å². The molecule has 1 fully saturated rings. The lowest BCUT2D eigenvalue weighted by molar-refractivity contribution is 0.461. The number of nitrogens with one attached hydrogen (secondary N) is 1. The average Bonchev–Trinajstić information content (AvgIpc) is 2.21. The van der Waals surface area contributed by atoms with Crippen molar-refractivity contribution in [2.45, 2.75) is 18.8 Å². The number of rotatable bonds is 1. The molecule has 0 saturated carbocycles. The Morgan fingerprint density at radius 2 is 2.00 bits per heavy atom. The lowest BCUT2D eigenvalue weighted by atomic mass is 9.92. The van der Waals surface area contributed by atoms with Gasteiger partial charge in [-0.2, -0.15) is 0 Å². The molecule has 1 aromatic rings. The summed E-state index contributed by atoms with van der Waals surface area (Å²) in [7, 11) is 0. The van der Waals surface area contributed by atoms with Crippen molar-refractivity contribution in [2.75, 3.05) is 13.1 Å². The SMILES string of the molecule is c1ccc([C@H]2CCCNC2)cc1. The fraction of sp³-hybridized carbons (Fsp3) is 0.455. The van der Waals surface area contributed by atoms with E-state index < -0.39 is 0 Å². The number of benzene rings is 1. The summed E-state index contributed by atoms with van der Waals surface area (Å²) in [6, 6.07) is 10.8. The fourth-order valence-corrected chi connectivity index (χ4v) is 1.86. The van der Waals surface area contributed by atoms with E-state index >= 15 is 0 Å². The van der Waals surface area contributed by atoms with Crippen molar-refractivity contribution in [3.63, 3.8) is 0 Å². The van der Waals surface area contributed by atoms with Crippen molar-refractivity contribution in [3.05, 3.63) is 35.9 Å². The Hall–Kier alpha value is -0.820. The van der Waals surface area contributed by atoms with Gasteiger partial charge in [0.15, 0.2) is 0 Å². The molecule has 0 aliphatic carbocycles. The Morgan fingerprint density at radius 1 is 1.17 bits per heavy atom. The Kier molecular flexibility index (Phi) is 2.42. The van der Waals surface area contributed by atoms with Gasteiger partial charge in [0, 0.05) is 6.54 Å². The first-order valence-corrected chi connectivity index (χ1v) is 4.72. The van der Waals surface area contributed by atoms with Gasteiger partial charge in [0.2, 0.25) is 0 Å². The molecule has 0 bridgehead atoms. The van der Waals surface area contributed by atoms with Crippen LogP contribution in [-0.4, -0.2) is 13.1 Å². The van der Waals surface area contributed by atoms with Crippen LogP contribution in [0.15, 0.2) is 30.3 Å². The smallest absolute Gasteiger partial charge is 0.00201 e. The fourth-order valence-electron chi connectivity index (χ4n) is 1.86. The van der Waals surface area contributed by atoms with Gasteiger partial charge in [-0.1, -0.05) is 30.3 Å². The summed E-state index contributed by atoms with van der Waals surface area (Å²) in [4.78, 5) is 0. The quantitative estimate of drug-likeness (QED) is 0.665. The molecule has 0 aromatic heterocycles. The zero-order valence-corrected chi connectivity index (χ0v) is 7.29. The number of piperidine rings is 1. The minimum absolute atomic E-state index is 0.750. The third kappa shape index (κ3) is 1.67. The van der Waals surface area contributed by atoms with E-state index in [1.807, 2.05) is 0 Å². The molecule has 0 radical (unpaired) electrons. The van der Waals surface area contributed by atoms with Gasteiger partial charge in [0.25, 0.3) is 0 Å². The van der Waals surface area contributed by atoms with Crippen LogP contribution in [0, 0.1) is 0 Å². The van der Waals surface area contributed by atoms with Crippen molar-refractivity contribution in [1.82, 2.24) is 5.32 Å². The van der Waals surface area contributed by atoms with E-state index in [0.29, 0.717) is 0 Å². The predicted octanol–water partition coefficient (Wildman–Crippen LogP) is 2.15. The molecular formula is C11H15N. The van der Waals surface area contributed by atoms with Crippen molar-refractivity contribution < 1.29 is 0 Å². The molecule has 64 valence electrons. The first kappa shape index (κ1) is 7.81. The maximum absolute atomic E-state index is 3.43. The third-order valence-electron chi connectivity index (χ3n) is 2.57. The van der Waals surface area contributed by atoms with Crippen molar-refractivity contribution >= 4 is 0 Å². The van der Waals surface area contributed by atoms with Gasteiger partial charge in [-0.3, -0.25) is 0 Å². The highest BCUT2D eigenvalue weighted by Gasteiger charge is 2.13. The van der Waals surface area contributed by atoms with Gasteiger partial charge in [0.05, 0.1) is 0 Å². The van der Waals surface area contributed by atoms with Crippen LogP contribution in [0.3, 0.4) is 0 Å². The summed E-state index contributed by atoms with van der Waals surface area (Å²) < 4.78 is 0. The van der Waals surface area contributed by atoms with E-state index in [2.05, 4.69) is 35.6 Å². The van der Waals surface area contributed by atoms with E-state index in [1.54, 1.807) is 0 Å². The standard InChI is InChI=1S/C11H15N/c1-2-5-10(6-3-1)11-7-4-8-12-9-11/h1-3,5-6,11-12H,4,7-9H2/t11-/m0/s1. The largest absolute Gasteiger partial charge is 0.316 e. The van der Waals surface area contributed by atoms with Crippen LogP contribution < -0.4 is 5.32 Å². The van der Waals surface area contributed by atoms with Gasteiger partial charge in [-0.05, 0) is 30.9 Å². The van der Waals surface area contributed by atoms with Crippen LogP contribution in [0.5, 0.6) is 0 Å². The minimum atomic E-state index is 0.750. The van der Waals surface area contributed by atoms with Crippen LogP contribution in [0.2, 0.25) is 0 Å². The number of hydrogen-bond acceptors (Lipinski definition) is 1. The molecule has 1 nitrogen and oxygen atoms in total. The molecule has 0 spiro atoms. The highest BCUT2D eigenvalue weighted by atomic mass is 14.9. The van der Waals surface area contributed by atoms with E-state index in [-0.39, 0.29) is 0 Å². The average molecular weight is 161 g/mol. The van der Waals surface area contributed by atoms with Gasteiger partial charge in [0.1, 0.15) is 0 Å². The normalized spacial score (nSPS) is 23.8. The van der Waals surface area contributed by atoms with E-state index in [0.717, 1.165) is 12.5 Å². The first-order chi connectivity index (χ1) is 5.97. The maximum Gasteiger partial charge on any atom is 0.00201 e. The summed E-state index contributed by atoms with van der Waals surface area (Å²) in [5.74, 6) is 0.750. The Bertz CT molecular complexity index is 224. The lowest BCUT2D eigenvalue weighted by Crippen LogP contribution is -2.28. The summed E-state index contributed by atoms with van der Waals surface area (Å²) in [5, 5.41) is 3.43. The van der Waals surface area contributed by atoms with E-state index in [4.69, 9.17) is 0 Å².